The Morgan fingerprint density at radius 1 is 0.679 bits per heavy atom. The van der Waals surface area contributed by atoms with Crippen LogP contribution in [-0.4, -0.2) is 12.1 Å². The van der Waals surface area contributed by atoms with E-state index in [4.69, 9.17) is 4.74 Å². The molecule has 0 spiro atoms. The molecular weight excluding hydrogens is 342 g/mol. The van der Waals surface area contributed by atoms with Gasteiger partial charge < -0.3 is 4.74 Å². The first kappa shape index (κ1) is 17.4. The van der Waals surface area contributed by atoms with Gasteiger partial charge in [-0.1, -0.05) is 47.9 Å². The summed E-state index contributed by atoms with van der Waals surface area (Å²) in [6, 6.07) is 23.9. The van der Waals surface area contributed by atoms with Crippen LogP contribution in [0.15, 0.2) is 85.2 Å². The van der Waals surface area contributed by atoms with Gasteiger partial charge in [0.2, 0.25) is 0 Å². The first-order valence-corrected chi connectivity index (χ1v) is 8.93. The van der Waals surface area contributed by atoms with E-state index >= 15 is 0 Å². The summed E-state index contributed by atoms with van der Waals surface area (Å²) in [5.74, 6) is 13.8. The third-order valence-corrected chi connectivity index (χ3v) is 4.34. The summed E-state index contributed by atoms with van der Waals surface area (Å²) >= 11 is 0. The molecule has 0 amide bonds. The van der Waals surface area contributed by atoms with E-state index in [1.807, 2.05) is 60.7 Å². The molecule has 4 rings (SSSR count). The van der Waals surface area contributed by atoms with Crippen molar-refractivity contribution >= 4 is 10.8 Å². The molecule has 2 nitrogen and oxygen atoms in total. The second-order valence-corrected chi connectivity index (χ2v) is 6.18. The molecule has 28 heavy (non-hydrogen) atoms. The maximum absolute atomic E-state index is 5.20. The Morgan fingerprint density at radius 2 is 1.36 bits per heavy atom. The summed E-state index contributed by atoms with van der Waals surface area (Å²) in [5, 5.41) is 2.20. The molecule has 1 heterocycles. The van der Waals surface area contributed by atoms with Crippen molar-refractivity contribution in [3.8, 4) is 29.4 Å². The number of pyridine rings is 1. The van der Waals surface area contributed by atoms with Gasteiger partial charge >= 0.3 is 0 Å². The molecule has 0 saturated heterocycles. The number of methoxy groups -OCH3 is 1. The predicted octanol–water partition coefficient (Wildman–Crippen LogP) is 5.04. The van der Waals surface area contributed by atoms with Gasteiger partial charge in [0.15, 0.2) is 0 Å². The van der Waals surface area contributed by atoms with Gasteiger partial charge in [-0.15, -0.1) is 0 Å². The van der Waals surface area contributed by atoms with E-state index in [1.54, 1.807) is 19.5 Å². The molecule has 0 aliphatic carbocycles. The Labute approximate surface area is 164 Å². The minimum Gasteiger partial charge on any atom is -0.497 e. The average molecular weight is 359 g/mol. The second kappa shape index (κ2) is 8.12. The fraction of sp³-hybridized carbons (Fsp3) is 0.0385. The summed E-state index contributed by atoms with van der Waals surface area (Å²) in [6.45, 7) is 0. The van der Waals surface area contributed by atoms with E-state index in [9.17, 15) is 0 Å². The number of fused-ring (bicyclic) bond motifs is 1. The highest BCUT2D eigenvalue weighted by Gasteiger charge is 2.03. The van der Waals surface area contributed by atoms with Crippen molar-refractivity contribution in [1.82, 2.24) is 4.98 Å². The molecule has 3 aromatic carbocycles. The molecule has 0 bridgehead atoms. The second-order valence-electron chi connectivity index (χ2n) is 6.18. The van der Waals surface area contributed by atoms with Crippen LogP contribution >= 0.6 is 0 Å². The Balaban J connectivity index is 1.77. The van der Waals surface area contributed by atoms with Crippen molar-refractivity contribution in [3.05, 3.63) is 107 Å². The lowest BCUT2D eigenvalue weighted by atomic mass is 9.99. The van der Waals surface area contributed by atoms with Crippen molar-refractivity contribution in [1.29, 1.82) is 0 Å². The highest BCUT2D eigenvalue weighted by atomic mass is 16.5. The largest absolute Gasteiger partial charge is 0.497 e. The highest BCUT2D eigenvalue weighted by molar-refractivity contribution is 5.93. The Hall–Kier alpha value is -4.01. The smallest absolute Gasteiger partial charge is 0.118 e. The zero-order valence-corrected chi connectivity index (χ0v) is 15.4. The monoisotopic (exact) mass is 359 g/mol. The van der Waals surface area contributed by atoms with Crippen LogP contribution in [0.3, 0.4) is 0 Å². The summed E-state index contributed by atoms with van der Waals surface area (Å²) in [7, 11) is 1.66. The first-order valence-electron chi connectivity index (χ1n) is 8.93. The average Bonchev–Trinajstić information content (AvgIpc) is 2.77. The number of benzene rings is 3. The quantitative estimate of drug-likeness (QED) is 0.444. The van der Waals surface area contributed by atoms with Crippen LogP contribution in [0, 0.1) is 23.7 Å². The number of aromatic nitrogens is 1. The fourth-order valence-corrected chi connectivity index (χ4v) is 2.94. The molecule has 0 unspecified atom stereocenters. The third-order valence-electron chi connectivity index (χ3n) is 4.34. The molecule has 2 heteroatoms. The molecule has 0 aliphatic heterocycles. The van der Waals surface area contributed by atoms with Gasteiger partial charge in [0.1, 0.15) is 5.75 Å². The fourth-order valence-electron chi connectivity index (χ4n) is 2.94. The van der Waals surface area contributed by atoms with Crippen molar-refractivity contribution in [2.24, 2.45) is 0 Å². The van der Waals surface area contributed by atoms with E-state index in [0.29, 0.717) is 0 Å². The molecule has 0 N–H and O–H groups in total. The third kappa shape index (κ3) is 3.88. The van der Waals surface area contributed by atoms with Crippen LogP contribution in [0.1, 0.15) is 22.3 Å². The number of rotatable bonds is 1. The zero-order chi connectivity index (χ0) is 19.2. The van der Waals surface area contributed by atoms with E-state index in [2.05, 4.69) is 40.8 Å². The Kier molecular flexibility index (Phi) is 5.05. The van der Waals surface area contributed by atoms with Gasteiger partial charge in [-0.05, 0) is 53.9 Å². The van der Waals surface area contributed by atoms with Gasteiger partial charge in [0, 0.05) is 40.0 Å². The van der Waals surface area contributed by atoms with Gasteiger partial charge in [0.05, 0.1) is 7.11 Å². The Bertz CT molecular complexity index is 1230. The minimum absolute atomic E-state index is 0.823. The van der Waals surface area contributed by atoms with Crippen LogP contribution in [0.4, 0.5) is 0 Å². The first-order chi connectivity index (χ1) is 13.8. The van der Waals surface area contributed by atoms with Crippen molar-refractivity contribution in [3.63, 3.8) is 0 Å². The van der Waals surface area contributed by atoms with Crippen LogP contribution in [-0.2, 0) is 0 Å². The number of hydrogen-bond donors (Lipinski definition) is 0. The van der Waals surface area contributed by atoms with Crippen molar-refractivity contribution < 1.29 is 4.74 Å². The molecule has 0 fully saturated rings. The number of nitrogens with zero attached hydrogens (tertiary/aromatic N) is 1. The normalized spacial score (nSPS) is 9.75. The van der Waals surface area contributed by atoms with E-state index in [1.165, 1.54) is 0 Å². The molecule has 0 saturated carbocycles. The highest BCUT2D eigenvalue weighted by Crippen LogP contribution is 2.22. The molecule has 0 radical (unpaired) electrons. The minimum atomic E-state index is 0.823. The molecule has 132 valence electrons. The molecule has 1 aromatic heterocycles. The number of hydrogen-bond acceptors (Lipinski definition) is 2. The summed E-state index contributed by atoms with van der Waals surface area (Å²) in [6.07, 6.45) is 3.51. The molecule has 4 aromatic rings. The predicted molar refractivity (Wildman–Crippen MR) is 113 cm³/mol. The summed E-state index contributed by atoms with van der Waals surface area (Å²) in [5.41, 5.74) is 3.75. The van der Waals surface area contributed by atoms with E-state index in [0.717, 1.165) is 38.8 Å². The molecular formula is C26H17NO. The van der Waals surface area contributed by atoms with Gasteiger partial charge in [0.25, 0.3) is 0 Å². The maximum atomic E-state index is 5.20. The lowest BCUT2D eigenvalue weighted by molar-refractivity contribution is 0.415. The van der Waals surface area contributed by atoms with E-state index in [-0.39, 0.29) is 0 Å². The van der Waals surface area contributed by atoms with Crippen LogP contribution in [0.5, 0.6) is 5.75 Å². The standard InChI is InChI=1S/C26H17NO/c1-28-25-16-12-20(13-17-25)10-14-23-8-2-6-22-7-3-9-24(26(22)23)15-11-21-5-4-18-27-19-21/h2-9,12-13,16-19H,1H3. The van der Waals surface area contributed by atoms with Crippen molar-refractivity contribution in [2.45, 2.75) is 0 Å². The topological polar surface area (TPSA) is 22.1 Å². The van der Waals surface area contributed by atoms with Crippen LogP contribution < -0.4 is 4.74 Å². The van der Waals surface area contributed by atoms with Gasteiger partial charge in [-0.3, -0.25) is 4.98 Å². The molecule has 0 aliphatic rings. The van der Waals surface area contributed by atoms with Gasteiger partial charge in [-0.25, -0.2) is 0 Å². The maximum Gasteiger partial charge on any atom is 0.118 e. The Morgan fingerprint density at radius 3 is 1.96 bits per heavy atom. The summed E-state index contributed by atoms with van der Waals surface area (Å²) < 4.78 is 5.20. The SMILES string of the molecule is COc1ccc(C#Cc2cccc3cccc(C#Cc4cccnc4)c23)cc1. The zero-order valence-electron chi connectivity index (χ0n) is 15.4. The van der Waals surface area contributed by atoms with Crippen LogP contribution in [0.25, 0.3) is 10.8 Å². The lowest BCUT2D eigenvalue weighted by Crippen LogP contribution is -1.86. The number of ether oxygens (including phenoxy) is 1. The van der Waals surface area contributed by atoms with Crippen LogP contribution in [0.2, 0.25) is 0 Å². The summed E-state index contributed by atoms with van der Waals surface area (Å²) in [4.78, 5) is 4.12. The lowest BCUT2D eigenvalue weighted by Gasteiger charge is -2.04. The van der Waals surface area contributed by atoms with Crippen molar-refractivity contribution in [2.75, 3.05) is 7.11 Å². The van der Waals surface area contributed by atoms with E-state index < -0.39 is 0 Å². The van der Waals surface area contributed by atoms with Gasteiger partial charge in [-0.2, -0.15) is 0 Å². The molecule has 0 atom stereocenters.